The van der Waals surface area contributed by atoms with E-state index >= 15 is 0 Å². The summed E-state index contributed by atoms with van der Waals surface area (Å²) in [4.78, 5) is 42.7. The number of carbonyl (C=O) groups excluding carboxylic acids is 1. The molecule has 2 N–H and O–H groups in total. The van der Waals surface area contributed by atoms with Crippen molar-refractivity contribution in [3.05, 3.63) is 27.2 Å². The lowest BCUT2D eigenvalue weighted by Gasteiger charge is -2.04. The van der Waals surface area contributed by atoms with E-state index < -0.39 is 17.2 Å². The van der Waals surface area contributed by atoms with Crippen LogP contribution in [0.25, 0.3) is 11.2 Å². The van der Waals surface area contributed by atoms with Crippen molar-refractivity contribution in [1.82, 2.24) is 19.5 Å². The molecule has 0 aromatic carbocycles. The minimum Gasteiger partial charge on any atom is -0.465 e. The summed E-state index contributed by atoms with van der Waals surface area (Å²) in [6.45, 7) is 1.60. The van der Waals surface area contributed by atoms with Gasteiger partial charge in [0.25, 0.3) is 5.56 Å². The molecule has 2 rings (SSSR count). The number of nitrogens with zero attached hydrogens (tertiary/aromatic N) is 2. The van der Waals surface area contributed by atoms with Crippen LogP contribution in [-0.2, 0) is 16.1 Å². The second kappa shape index (κ2) is 4.24. The second-order valence-electron chi connectivity index (χ2n) is 3.25. The summed E-state index contributed by atoms with van der Waals surface area (Å²) in [6, 6.07) is 0. The van der Waals surface area contributed by atoms with E-state index in [0.717, 1.165) is 4.57 Å². The number of hydrogen-bond acceptors (Lipinski definition) is 5. The van der Waals surface area contributed by atoms with Crippen LogP contribution in [0.5, 0.6) is 0 Å². The van der Waals surface area contributed by atoms with Crippen LogP contribution in [0.3, 0.4) is 0 Å². The highest BCUT2D eigenvalue weighted by Gasteiger charge is 2.12. The number of esters is 1. The fourth-order valence-electron chi connectivity index (χ4n) is 1.46. The highest BCUT2D eigenvalue weighted by molar-refractivity contribution is 5.73. The van der Waals surface area contributed by atoms with Gasteiger partial charge in [0.05, 0.1) is 12.9 Å². The lowest BCUT2D eigenvalue weighted by molar-refractivity contribution is -0.143. The van der Waals surface area contributed by atoms with Crippen molar-refractivity contribution in [1.29, 1.82) is 0 Å². The first-order valence-corrected chi connectivity index (χ1v) is 4.95. The van der Waals surface area contributed by atoms with E-state index in [2.05, 4.69) is 15.0 Å². The predicted molar refractivity (Wildman–Crippen MR) is 57.6 cm³/mol. The molecule has 0 saturated heterocycles. The van der Waals surface area contributed by atoms with E-state index in [9.17, 15) is 14.4 Å². The molecule has 0 unspecified atom stereocenters. The fourth-order valence-corrected chi connectivity index (χ4v) is 1.46. The zero-order chi connectivity index (χ0) is 12.4. The first-order valence-electron chi connectivity index (χ1n) is 4.95. The molecule has 2 aromatic heterocycles. The van der Waals surface area contributed by atoms with Crippen LogP contribution >= 0.6 is 0 Å². The van der Waals surface area contributed by atoms with Crippen molar-refractivity contribution >= 4 is 17.1 Å². The lowest BCUT2D eigenvalue weighted by Crippen LogP contribution is -2.33. The average molecular weight is 238 g/mol. The number of hydrogen-bond donors (Lipinski definition) is 2. The van der Waals surface area contributed by atoms with Crippen LogP contribution in [0, 0.1) is 0 Å². The molecule has 0 saturated carbocycles. The Morgan fingerprint density at radius 2 is 2.29 bits per heavy atom. The third-order valence-electron chi connectivity index (χ3n) is 2.16. The van der Waals surface area contributed by atoms with E-state index in [-0.39, 0.29) is 24.3 Å². The van der Waals surface area contributed by atoms with Gasteiger partial charge in [-0.2, -0.15) is 0 Å². The van der Waals surface area contributed by atoms with E-state index in [1.807, 2.05) is 0 Å². The number of rotatable bonds is 3. The molecule has 2 aromatic rings. The number of fused-ring (bicyclic) bond motifs is 1. The monoisotopic (exact) mass is 238 g/mol. The number of carbonyl (C=O) groups is 1. The Kier molecular flexibility index (Phi) is 2.77. The van der Waals surface area contributed by atoms with Crippen LogP contribution in [0.4, 0.5) is 0 Å². The highest BCUT2D eigenvalue weighted by Crippen LogP contribution is 2.00. The molecule has 2 heterocycles. The molecule has 0 radical (unpaired) electrons. The minimum absolute atomic E-state index is 0.131. The maximum Gasteiger partial charge on any atom is 0.330 e. The topological polar surface area (TPSA) is 110 Å². The standard InChI is InChI=1S/C9H10N4O4/c1-2-17-5(14)3-13-7-6(10-4-11-7)8(15)12-9(13)16/h4H,2-3H2,1H3,(H,10,11)(H,12,15,16). The number of aromatic nitrogens is 4. The maximum atomic E-state index is 11.5. The summed E-state index contributed by atoms with van der Waals surface area (Å²) in [6.07, 6.45) is 1.28. The van der Waals surface area contributed by atoms with E-state index in [0.29, 0.717) is 0 Å². The Bertz CT molecular complexity index is 665. The van der Waals surface area contributed by atoms with Crippen molar-refractivity contribution in [3.8, 4) is 0 Å². The molecule has 0 aliphatic rings. The Balaban J connectivity index is 2.53. The van der Waals surface area contributed by atoms with E-state index in [4.69, 9.17) is 4.74 Å². The van der Waals surface area contributed by atoms with Crippen molar-refractivity contribution in [3.63, 3.8) is 0 Å². The third kappa shape index (κ3) is 1.96. The molecule has 0 atom stereocenters. The third-order valence-corrected chi connectivity index (χ3v) is 2.16. The molecule has 0 aliphatic heterocycles. The smallest absolute Gasteiger partial charge is 0.330 e. The molecular weight excluding hydrogens is 228 g/mol. The molecular formula is C9H10N4O4. The van der Waals surface area contributed by atoms with Crippen molar-refractivity contribution in [2.75, 3.05) is 6.61 Å². The van der Waals surface area contributed by atoms with Gasteiger partial charge >= 0.3 is 11.7 Å². The van der Waals surface area contributed by atoms with Crippen LogP contribution in [0.2, 0.25) is 0 Å². The maximum absolute atomic E-state index is 11.5. The Hall–Kier alpha value is -2.38. The zero-order valence-corrected chi connectivity index (χ0v) is 9.02. The summed E-state index contributed by atoms with van der Waals surface area (Å²) < 4.78 is 5.77. The highest BCUT2D eigenvalue weighted by atomic mass is 16.5. The van der Waals surface area contributed by atoms with Gasteiger partial charge in [0, 0.05) is 0 Å². The van der Waals surface area contributed by atoms with E-state index in [1.54, 1.807) is 6.92 Å². The molecule has 0 amide bonds. The van der Waals surface area contributed by atoms with Crippen LogP contribution in [-0.4, -0.2) is 32.1 Å². The Morgan fingerprint density at radius 1 is 1.53 bits per heavy atom. The van der Waals surface area contributed by atoms with Gasteiger partial charge in [-0.15, -0.1) is 0 Å². The van der Waals surface area contributed by atoms with Crippen molar-refractivity contribution in [2.24, 2.45) is 0 Å². The molecule has 0 fully saturated rings. The molecule has 0 spiro atoms. The van der Waals surface area contributed by atoms with Crippen molar-refractivity contribution < 1.29 is 9.53 Å². The molecule has 8 heteroatoms. The number of ether oxygens (including phenoxy) is 1. The molecule has 0 bridgehead atoms. The van der Waals surface area contributed by atoms with Crippen LogP contribution < -0.4 is 11.2 Å². The van der Waals surface area contributed by atoms with Gasteiger partial charge in [-0.1, -0.05) is 0 Å². The second-order valence-corrected chi connectivity index (χ2v) is 3.25. The van der Waals surface area contributed by atoms with Crippen molar-refractivity contribution in [2.45, 2.75) is 13.5 Å². The summed E-state index contributed by atoms with van der Waals surface area (Å²) in [7, 11) is 0. The van der Waals surface area contributed by atoms with Gasteiger partial charge in [-0.05, 0) is 6.92 Å². The molecule has 90 valence electrons. The van der Waals surface area contributed by atoms with Gasteiger partial charge in [0.15, 0.2) is 5.65 Å². The van der Waals surface area contributed by atoms with Gasteiger partial charge in [-0.3, -0.25) is 19.1 Å². The molecule has 0 aliphatic carbocycles. The lowest BCUT2D eigenvalue weighted by atomic mass is 10.5. The summed E-state index contributed by atoms with van der Waals surface area (Å²) in [5.74, 6) is -0.564. The Morgan fingerprint density at radius 3 is 3.00 bits per heavy atom. The minimum atomic E-state index is -0.692. The largest absolute Gasteiger partial charge is 0.465 e. The first-order chi connectivity index (χ1) is 8.13. The summed E-state index contributed by atoms with van der Waals surface area (Å²) >= 11 is 0. The SMILES string of the molecule is CCOC(=O)Cn1c(=O)[nH]c(=O)c2[nH]cnc21. The molecule has 17 heavy (non-hydrogen) atoms. The fraction of sp³-hybridized carbons (Fsp3) is 0.333. The van der Waals surface area contributed by atoms with Crippen LogP contribution in [0.1, 0.15) is 6.92 Å². The predicted octanol–water partition coefficient (Wildman–Crippen LogP) is -1.02. The number of imidazole rings is 1. The van der Waals surface area contributed by atoms with Gasteiger partial charge in [0.1, 0.15) is 12.1 Å². The zero-order valence-electron chi connectivity index (χ0n) is 9.02. The first kappa shape index (κ1) is 11.1. The normalized spacial score (nSPS) is 10.6. The van der Waals surface area contributed by atoms with E-state index in [1.165, 1.54) is 6.33 Å². The number of H-pyrrole nitrogens is 2. The quantitative estimate of drug-likeness (QED) is 0.665. The van der Waals surface area contributed by atoms with Gasteiger partial charge in [0.2, 0.25) is 0 Å². The van der Waals surface area contributed by atoms with Gasteiger partial charge in [-0.25, -0.2) is 9.78 Å². The van der Waals surface area contributed by atoms with Gasteiger partial charge < -0.3 is 9.72 Å². The Labute approximate surface area is 94.2 Å². The number of nitrogens with one attached hydrogen (secondary N) is 2. The summed E-state index contributed by atoms with van der Waals surface area (Å²) in [5.41, 5.74) is -0.981. The number of aromatic amines is 2. The average Bonchev–Trinajstić information content (AvgIpc) is 2.73. The van der Waals surface area contributed by atoms with Crippen LogP contribution in [0.15, 0.2) is 15.9 Å². The summed E-state index contributed by atoms with van der Waals surface area (Å²) in [5, 5.41) is 0. The molecule has 8 nitrogen and oxygen atoms in total.